The van der Waals surface area contributed by atoms with Gasteiger partial charge in [0, 0.05) is 10.9 Å². The number of rotatable bonds is 3. The first-order chi connectivity index (χ1) is 7.13. The van der Waals surface area contributed by atoms with Crippen LogP contribution in [0, 0.1) is 5.82 Å². The number of nitrogens with one attached hydrogen (secondary N) is 1. The predicted octanol–water partition coefficient (Wildman–Crippen LogP) is 1.89. The minimum atomic E-state index is -0.333. The van der Waals surface area contributed by atoms with Gasteiger partial charge in [-0.1, -0.05) is 28.1 Å². The van der Waals surface area contributed by atoms with Crippen molar-refractivity contribution in [1.29, 1.82) is 0 Å². The molecule has 0 spiro atoms. The lowest BCUT2D eigenvalue weighted by Gasteiger charge is -1.99. The van der Waals surface area contributed by atoms with Gasteiger partial charge in [0.05, 0.1) is 6.21 Å². The van der Waals surface area contributed by atoms with Crippen LogP contribution in [-0.2, 0) is 5.33 Å². The molecule has 3 N–H and O–H groups in total. The van der Waals surface area contributed by atoms with Crippen molar-refractivity contribution in [3.05, 3.63) is 35.1 Å². The molecule has 0 fully saturated rings. The Morgan fingerprint density at radius 2 is 2.40 bits per heavy atom. The van der Waals surface area contributed by atoms with Crippen molar-refractivity contribution >= 4 is 39.5 Å². The third kappa shape index (κ3) is 3.93. The first-order valence-corrected chi connectivity index (χ1v) is 5.59. The minimum absolute atomic E-state index is 0.0451. The van der Waals surface area contributed by atoms with Gasteiger partial charge in [0.15, 0.2) is 5.11 Å². The average molecular weight is 290 g/mol. The molecule has 0 amide bonds. The molecule has 1 aromatic carbocycles. The van der Waals surface area contributed by atoms with Crippen LogP contribution in [0.15, 0.2) is 23.3 Å². The zero-order chi connectivity index (χ0) is 11.3. The Bertz CT molecular complexity index is 395. The van der Waals surface area contributed by atoms with E-state index in [1.165, 1.54) is 12.3 Å². The summed E-state index contributed by atoms with van der Waals surface area (Å²) in [6, 6.07) is 4.88. The third-order valence-electron chi connectivity index (χ3n) is 1.60. The summed E-state index contributed by atoms with van der Waals surface area (Å²) in [7, 11) is 0. The second-order valence-electron chi connectivity index (χ2n) is 2.72. The maximum Gasteiger partial charge on any atom is 0.184 e. The quantitative estimate of drug-likeness (QED) is 0.387. The van der Waals surface area contributed by atoms with Gasteiger partial charge in [0.25, 0.3) is 0 Å². The number of benzene rings is 1. The van der Waals surface area contributed by atoms with E-state index < -0.39 is 0 Å². The van der Waals surface area contributed by atoms with E-state index in [0.29, 0.717) is 10.9 Å². The van der Waals surface area contributed by atoms with Crippen LogP contribution in [-0.4, -0.2) is 11.3 Å². The van der Waals surface area contributed by atoms with E-state index in [9.17, 15) is 4.39 Å². The summed E-state index contributed by atoms with van der Waals surface area (Å²) in [6.07, 6.45) is 1.33. The molecule has 0 heterocycles. The predicted molar refractivity (Wildman–Crippen MR) is 66.5 cm³/mol. The van der Waals surface area contributed by atoms with Crippen molar-refractivity contribution in [2.24, 2.45) is 10.8 Å². The molecular formula is C9H9BrFN3S. The molecule has 15 heavy (non-hydrogen) atoms. The topological polar surface area (TPSA) is 50.4 Å². The van der Waals surface area contributed by atoms with Crippen molar-refractivity contribution in [3.8, 4) is 0 Å². The number of hydrogen-bond donors (Lipinski definition) is 2. The highest BCUT2D eigenvalue weighted by Gasteiger charge is 2.00. The van der Waals surface area contributed by atoms with E-state index >= 15 is 0 Å². The monoisotopic (exact) mass is 289 g/mol. The fraction of sp³-hybridized carbons (Fsp3) is 0.111. The largest absolute Gasteiger partial charge is 0.375 e. The van der Waals surface area contributed by atoms with Crippen LogP contribution in [0.3, 0.4) is 0 Å². The van der Waals surface area contributed by atoms with E-state index in [-0.39, 0.29) is 10.9 Å². The molecule has 0 saturated carbocycles. The van der Waals surface area contributed by atoms with E-state index in [1.54, 1.807) is 12.1 Å². The molecule has 3 nitrogen and oxygen atoms in total. The Kier molecular flexibility index (Phi) is 4.64. The molecule has 0 bridgehead atoms. The fourth-order valence-corrected chi connectivity index (χ4v) is 1.33. The smallest absolute Gasteiger partial charge is 0.184 e. The highest BCUT2D eigenvalue weighted by atomic mass is 79.9. The zero-order valence-corrected chi connectivity index (χ0v) is 10.1. The maximum absolute atomic E-state index is 13.4. The van der Waals surface area contributed by atoms with Gasteiger partial charge in [0.2, 0.25) is 0 Å². The van der Waals surface area contributed by atoms with Crippen LogP contribution in [0.4, 0.5) is 4.39 Å². The van der Waals surface area contributed by atoms with Gasteiger partial charge in [-0.15, -0.1) is 0 Å². The van der Waals surface area contributed by atoms with Gasteiger partial charge in [-0.25, -0.2) is 4.39 Å². The third-order valence-corrected chi connectivity index (χ3v) is 2.34. The summed E-state index contributed by atoms with van der Waals surface area (Å²) in [5.41, 5.74) is 8.75. The number of halogens is 2. The SMILES string of the molecule is NC(=S)NN=Cc1ccc(CBr)cc1F. The summed E-state index contributed by atoms with van der Waals surface area (Å²) < 4.78 is 13.4. The summed E-state index contributed by atoms with van der Waals surface area (Å²) in [5, 5.41) is 4.33. The molecule has 1 aromatic rings. The number of hydrogen-bond acceptors (Lipinski definition) is 2. The van der Waals surface area contributed by atoms with E-state index in [2.05, 4.69) is 38.7 Å². The number of hydrazone groups is 1. The molecule has 80 valence electrons. The lowest BCUT2D eigenvalue weighted by molar-refractivity contribution is 0.624. The van der Waals surface area contributed by atoms with Gasteiger partial charge in [-0.3, -0.25) is 5.43 Å². The molecule has 0 saturated heterocycles. The molecule has 0 aromatic heterocycles. The Labute approximate surface area is 101 Å². The van der Waals surface area contributed by atoms with Crippen LogP contribution in [0.25, 0.3) is 0 Å². The lowest BCUT2D eigenvalue weighted by atomic mass is 10.1. The Hall–Kier alpha value is -1.01. The molecule has 0 atom stereocenters. The second-order valence-corrected chi connectivity index (χ2v) is 3.72. The summed E-state index contributed by atoms with van der Waals surface area (Å²) in [5.74, 6) is -0.333. The Morgan fingerprint density at radius 3 is 2.93 bits per heavy atom. The van der Waals surface area contributed by atoms with Gasteiger partial charge >= 0.3 is 0 Å². The first-order valence-electron chi connectivity index (χ1n) is 4.06. The first kappa shape index (κ1) is 12.1. The van der Waals surface area contributed by atoms with Crippen molar-refractivity contribution in [2.45, 2.75) is 5.33 Å². The number of thiocarbonyl (C=S) groups is 1. The van der Waals surface area contributed by atoms with Crippen molar-refractivity contribution < 1.29 is 4.39 Å². The van der Waals surface area contributed by atoms with E-state index in [4.69, 9.17) is 5.73 Å². The maximum atomic E-state index is 13.4. The van der Waals surface area contributed by atoms with Gasteiger partial charge < -0.3 is 5.73 Å². The van der Waals surface area contributed by atoms with Crippen molar-refractivity contribution in [2.75, 3.05) is 0 Å². The molecule has 0 radical (unpaired) electrons. The van der Waals surface area contributed by atoms with Gasteiger partial charge in [-0.05, 0) is 23.8 Å². The molecule has 0 aliphatic rings. The zero-order valence-electron chi connectivity index (χ0n) is 7.71. The highest BCUT2D eigenvalue weighted by molar-refractivity contribution is 9.08. The number of nitrogens with zero attached hydrogens (tertiary/aromatic N) is 1. The van der Waals surface area contributed by atoms with Gasteiger partial charge in [0.1, 0.15) is 5.82 Å². The number of alkyl halides is 1. The Morgan fingerprint density at radius 1 is 1.67 bits per heavy atom. The molecule has 0 aliphatic carbocycles. The normalized spacial score (nSPS) is 10.5. The summed E-state index contributed by atoms with van der Waals surface area (Å²) in [6.45, 7) is 0. The number of nitrogens with two attached hydrogens (primary N) is 1. The van der Waals surface area contributed by atoms with E-state index in [1.807, 2.05) is 0 Å². The van der Waals surface area contributed by atoms with Crippen molar-refractivity contribution in [1.82, 2.24) is 5.43 Å². The Balaban J connectivity index is 2.78. The van der Waals surface area contributed by atoms with Crippen LogP contribution in [0.1, 0.15) is 11.1 Å². The molecule has 0 aliphatic heterocycles. The molecule has 0 unspecified atom stereocenters. The van der Waals surface area contributed by atoms with Crippen LogP contribution >= 0.6 is 28.1 Å². The van der Waals surface area contributed by atoms with Crippen LogP contribution < -0.4 is 11.2 Å². The van der Waals surface area contributed by atoms with Crippen LogP contribution in [0.5, 0.6) is 0 Å². The van der Waals surface area contributed by atoms with E-state index in [0.717, 1.165) is 5.56 Å². The fourth-order valence-electron chi connectivity index (χ4n) is 0.924. The van der Waals surface area contributed by atoms with Gasteiger partial charge in [-0.2, -0.15) is 5.10 Å². The summed E-state index contributed by atoms with van der Waals surface area (Å²) in [4.78, 5) is 0. The van der Waals surface area contributed by atoms with Crippen LogP contribution in [0.2, 0.25) is 0 Å². The molecular weight excluding hydrogens is 281 g/mol. The second kappa shape index (κ2) is 5.77. The molecule has 1 rings (SSSR count). The average Bonchev–Trinajstić information content (AvgIpc) is 2.20. The highest BCUT2D eigenvalue weighted by Crippen LogP contribution is 2.11. The lowest BCUT2D eigenvalue weighted by Crippen LogP contribution is -2.24. The standard InChI is InChI=1S/C9H9BrFN3S/c10-4-6-1-2-7(8(11)3-6)5-13-14-9(12)15/h1-3,5H,4H2,(H3,12,14,15). The molecule has 6 heteroatoms. The minimum Gasteiger partial charge on any atom is -0.375 e. The summed E-state index contributed by atoms with van der Waals surface area (Å²) >= 11 is 7.78. The van der Waals surface area contributed by atoms with Crippen molar-refractivity contribution in [3.63, 3.8) is 0 Å².